The van der Waals surface area contributed by atoms with E-state index in [1.807, 2.05) is 6.92 Å². The number of carbonyl (C=O) groups is 2. The molecule has 5 N–H and O–H groups in total. The fraction of sp³-hybridized carbons (Fsp3) is 0.429. The van der Waals surface area contributed by atoms with E-state index in [1.165, 1.54) is 12.8 Å². The highest BCUT2D eigenvalue weighted by Crippen LogP contribution is 2.16. The maximum absolute atomic E-state index is 11.4. The van der Waals surface area contributed by atoms with Crippen molar-refractivity contribution in [2.75, 3.05) is 13.1 Å². The molecule has 1 rings (SSSR count). The van der Waals surface area contributed by atoms with E-state index in [1.54, 1.807) is 18.2 Å². The number of nitrogens with one attached hydrogen (secondary N) is 1. The Labute approximate surface area is 124 Å². The molecule has 0 aliphatic rings. The zero-order valence-electron chi connectivity index (χ0n) is 11.9. The third-order valence-corrected chi connectivity index (χ3v) is 2.82. The lowest BCUT2D eigenvalue weighted by Crippen LogP contribution is -2.33. The highest BCUT2D eigenvalue weighted by molar-refractivity contribution is 6.31. The molecule has 1 aromatic carbocycles. The minimum absolute atomic E-state index is 0.176. The van der Waals surface area contributed by atoms with Crippen LogP contribution in [0.4, 0.5) is 0 Å². The van der Waals surface area contributed by atoms with Crippen LogP contribution in [0.5, 0.6) is 0 Å². The summed E-state index contributed by atoms with van der Waals surface area (Å²) in [4.78, 5) is 21.9. The average Bonchev–Trinajstić information content (AvgIpc) is 2.40. The van der Waals surface area contributed by atoms with Crippen LogP contribution >= 0.6 is 11.6 Å². The molecule has 0 saturated heterocycles. The fourth-order valence-electron chi connectivity index (χ4n) is 1.21. The maximum atomic E-state index is 11.4. The molecule has 1 aromatic rings. The van der Waals surface area contributed by atoms with Gasteiger partial charge in [0.15, 0.2) is 0 Å². The van der Waals surface area contributed by atoms with Gasteiger partial charge in [-0.2, -0.15) is 0 Å². The number of nitrogens with two attached hydrogens (primary N) is 2. The Morgan fingerprint density at radius 1 is 1.35 bits per heavy atom. The highest BCUT2D eigenvalue weighted by Gasteiger charge is 2.07. The number of primary amides is 1. The number of benzene rings is 1. The van der Waals surface area contributed by atoms with E-state index in [9.17, 15) is 9.59 Å². The minimum atomic E-state index is -0.582. The lowest BCUT2D eigenvalue weighted by Gasteiger charge is -2.04. The van der Waals surface area contributed by atoms with Crippen molar-refractivity contribution in [2.45, 2.75) is 26.7 Å². The van der Waals surface area contributed by atoms with E-state index in [2.05, 4.69) is 12.2 Å². The molecular weight excluding hydrogens is 278 g/mol. The van der Waals surface area contributed by atoms with Gasteiger partial charge in [0, 0.05) is 10.6 Å². The number of carbonyl (C=O) groups excluding carboxylic acids is 2. The maximum Gasteiger partial charge on any atom is 0.251 e. The number of aryl methyl sites for hydroxylation is 1. The van der Waals surface area contributed by atoms with Crippen LogP contribution in [0.25, 0.3) is 0 Å². The van der Waals surface area contributed by atoms with Gasteiger partial charge in [0.25, 0.3) is 5.91 Å². The van der Waals surface area contributed by atoms with E-state index in [-0.39, 0.29) is 12.5 Å². The van der Waals surface area contributed by atoms with E-state index < -0.39 is 5.91 Å². The van der Waals surface area contributed by atoms with Crippen LogP contribution in [-0.2, 0) is 4.79 Å². The van der Waals surface area contributed by atoms with Crippen molar-refractivity contribution in [1.29, 1.82) is 0 Å². The quantitative estimate of drug-likeness (QED) is 0.770. The average molecular weight is 300 g/mol. The van der Waals surface area contributed by atoms with Gasteiger partial charge in [-0.05, 0) is 37.6 Å². The molecular formula is C14H22ClN3O2. The summed E-state index contributed by atoms with van der Waals surface area (Å²) in [6, 6.07) is 4.92. The highest BCUT2D eigenvalue weighted by atomic mass is 35.5. The molecule has 0 fully saturated rings. The Morgan fingerprint density at radius 2 is 2.00 bits per heavy atom. The first-order valence-electron chi connectivity index (χ1n) is 6.45. The number of hydrogen-bond donors (Lipinski definition) is 3. The van der Waals surface area contributed by atoms with Crippen molar-refractivity contribution >= 4 is 23.4 Å². The van der Waals surface area contributed by atoms with Crippen LogP contribution in [0.3, 0.4) is 0 Å². The van der Waals surface area contributed by atoms with Crippen LogP contribution in [0.1, 0.15) is 35.7 Å². The normalized spacial score (nSPS) is 9.40. The summed E-state index contributed by atoms with van der Waals surface area (Å²) in [6.07, 6.45) is 2.39. The smallest absolute Gasteiger partial charge is 0.251 e. The van der Waals surface area contributed by atoms with Gasteiger partial charge >= 0.3 is 0 Å². The number of halogens is 1. The number of hydrogen-bond acceptors (Lipinski definition) is 3. The number of amides is 2. The summed E-state index contributed by atoms with van der Waals surface area (Å²) >= 11 is 5.85. The van der Waals surface area contributed by atoms with E-state index >= 15 is 0 Å². The Balaban J connectivity index is 0.000000621. The van der Waals surface area contributed by atoms with Crippen molar-refractivity contribution in [2.24, 2.45) is 11.5 Å². The molecule has 0 aliphatic heterocycles. The molecule has 0 atom stereocenters. The van der Waals surface area contributed by atoms with E-state index in [0.29, 0.717) is 10.6 Å². The summed E-state index contributed by atoms with van der Waals surface area (Å²) in [5.41, 5.74) is 11.3. The second-order valence-electron chi connectivity index (χ2n) is 4.26. The summed E-state index contributed by atoms with van der Waals surface area (Å²) in [7, 11) is 0. The van der Waals surface area contributed by atoms with Crippen LogP contribution in [0, 0.1) is 6.92 Å². The van der Waals surface area contributed by atoms with E-state index in [0.717, 1.165) is 12.1 Å². The van der Waals surface area contributed by atoms with Gasteiger partial charge in [0.05, 0.1) is 6.54 Å². The molecule has 0 unspecified atom stereocenters. The second kappa shape index (κ2) is 10.2. The monoisotopic (exact) mass is 299 g/mol. The first-order valence-corrected chi connectivity index (χ1v) is 6.82. The van der Waals surface area contributed by atoms with Gasteiger partial charge in [0.2, 0.25) is 5.91 Å². The first-order chi connectivity index (χ1) is 9.42. The molecule has 20 heavy (non-hydrogen) atoms. The van der Waals surface area contributed by atoms with Crippen molar-refractivity contribution in [3.8, 4) is 0 Å². The van der Waals surface area contributed by atoms with Gasteiger partial charge in [0.1, 0.15) is 0 Å². The van der Waals surface area contributed by atoms with Crippen LogP contribution in [0.15, 0.2) is 18.2 Å². The molecule has 2 amide bonds. The summed E-state index contributed by atoms with van der Waals surface area (Å²) < 4.78 is 0. The van der Waals surface area contributed by atoms with Crippen molar-refractivity contribution in [1.82, 2.24) is 5.32 Å². The molecule has 0 bridgehead atoms. The van der Waals surface area contributed by atoms with Crippen LogP contribution in [0.2, 0.25) is 5.02 Å². The predicted octanol–water partition coefficient (Wildman–Crippen LogP) is 1.61. The molecule has 0 spiro atoms. The Bertz CT molecular complexity index is 448. The summed E-state index contributed by atoms with van der Waals surface area (Å²) in [5.74, 6) is -0.947. The van der Waals surface area contributed by atoms with Gasteiger partial charge in [-0.25, -0.2) is 0 Å². The zero-order chi connectivity index (χ0) is 15.5. The Morgan fingerprint density at radius 3 is 2.40 bits per heavy atom. The zero-order valence-corrected chi connectivity index (χ0v) is 12.7. The van der Waals surface area contributed by atoms with Gasteiger partial charge < -0.3 is 16.8 Å². The first kappa shape index (κ1) is 18.4. The molecule has 0 aliphatic carbocycles. The molecule has 0 heterocycles. The van der Waals surface area contributed by atoms with Gasteiger partial charge in [-0.3, -0.25) is 9.59 Å². The standard InChI is InChI=1S/C10H11ClN2O2.C4H11N/c1-6-2-3-7(4-8(6)11)10(15)13-5-9(12)14;1-2-3-4-5/h2-4H,5H2,1H3,(H2,12,14)(H,13,15);2-5H2,1H3. The Hall–Kier alpha value is -1.59. The van der Waals surface area contributed by atoms with E-state index in [4.69, 9.17) is 23.1 Å². The van der Waals surface area contributed by atoms with Crippen LogP contribution < -0.4 is 16.8 Å². The molecule has 0 saturated carbocycles. The van der Waals surface area contributed by atoms with Gasteiger partial charge in [-0.15, -0.1) is 0 Å². The topological polar surface area (TPSA) is 98.2 Å². The third-order valence-electron chi connectivity index (χ3n) is 2.41. The lowest BCUT2D eigenvalue weighted by atomic mass is 10.1. The lowest BCUT2D eigenvalue weighted by molar-refractivity contribution is -0.117. The summed E-state index contributed by atoms with van der Waals surface area (Å²) in [6.45, 7) is 4.64. The second-order valence-corrected chi connectivity index (χ2v) is 4.66. The Kier molecular flexibility index (Phi) is 9.41. The molecule has 6 heteroatoms. The summed E-state index contributed by atoms with van der Waals surface area (Å²) in [5, 5.41) is 2.89. The minimum Gasteiger partial charge on any atom is -0.368 e. The van der Waals surface area contributed by atoms with Crippen molar-refractivity contribution < 1.29 is 9.59 Å². The fourth-order valence-corrected chi connectivity index (χ4v) is 1.39. The molecule has 0 radical (unpaired) electrons. The molecule has 0 aromatic heterocycles. The van der Waals surface area contributed by atoms with Crippen LogP contribution in [-0.4, -0.2) is 24.9 Å². The third kappa shape index (κ3) is 7.76. The molecule has 5 nitrogen and oxygen atoms in total. The van der Waals surface area contributed by atoms with Crippen molar-refractivity contribution in [3.63, 3.8) is 0 Å². The van der Waals surface area contributed by atoms with Gasteiger partial charge in [-0.1, -0.05) is 31.0 Å². The predicted molar refractivity (Wildman–Crippen MR) is 81.7 cm³/mol. The molecule has 112 valence electrons. The number of rotatable bonds is 5. The number of unbranched alkanes of at least 4 members (excludes halogenated alkanes) is 1. The largest absolute Gasteiger partial charge is 0.368 e. The SMILES string of the molecule is CCCCN.Cc1ccc(C(=O)NCC(N)=O)cc1Cl. The van der Waals surface area contributed by atoms with Crippen molar-refractivity contribution in [3.05, 3.63) is 34.3 Å².